The van der Waals surface area contributed by atoms with Crippen molar-refractivity contribution in [2.75, 3.05) is 7.05 Å². The monoisotopic (exact) mass is 249 g/mol. The van der Waals surface area contributed by atoms with Crippen molar-refractivity contribution >= 4 is 6.03 Å². The molecule has 5 nitrogen and oxygen atoms in total. The van der Waals surface area contributed by atoms with Crippen LogP contribution in [0.1, 0.15) is 31.2 Å². The first-order chi connectivity index (χ1) is 8.79. The second-order valence-electron chi connectivity index (χ2n) is 4.42. The van der Waals surface area contributed by atoms with Crippen LogP contribution in [0.15, 0.2) is 18.3 Å². The van der Waals surface area contributed by atoms with Gasteiger partial charge < -0.3 is 15.4 Å². The molecule has 2 rings (SSSR count). The van der Waals surface area contributed by atoms with Crippen LogP contribution in [0.2, 0.25) is 0 Å². The molecule has 0 atom stereocenters. The van der Waals surface area contributed by atoms with E-state index in [0.29, 0.717) is 12.4 Å². The minimum Gasteiger partial charge on any atom is -0.474 e. The minimum absolute atomic E-state index is 0.203. The van der Waals surface area contributed by atoms with E-state index < -0.39 is 0 Å². The molecule has 1 saturated carbocycles. The van der Waals surface area contributed by atoms with Crippen molar-refractivity contribution in [3.05, 3.63) is 23.9 Å². The molecule has 0 spiro atoms. The third-order valence-electron chi connectivity index (χ3n) is 3.10. The predicted molar refractivity (Wildman–Crippen MR) is 68.4 cm³/mol. The average Bonchev–Trinajstić information content (AvgIpc) is 2.90. The van der Waals surface area contributed by atoms with Crippen LogP contribution in [0.5, 0.6) is 5.88 Å². The normalized spacial score (nSPS) is 15.4. The summed E-state index contributed by atoms with van der Waals surface area (Å²) in [5.41, 5.74) is 0.910. The highest BCUT2D eigenvalue weighted by Gasteiger charge is 2.18. The molecular weight excluding hydrogens is 230 g/mol. The lowest BCUT2D eigenvalue weighted by molar-refractivity contribution is 0.198. The molecular formula is C13H19N3O2. The fourth-order valence-electron chi connectivity index (χ4n) is 2.09. The summed E-state index contributed by atoms with van der Waals surface area (Å²) in [7, 11) is 1.59. The van der Waals surface area contributed by atoms with Gasteiger partial charge in [-0.2, -0.15) is 0 Å². The standard InChI is InChI=1S/C13H19N3O2/c1-14-13(17)16-9-10-5-4-8-15-12(10)18-11-6-2-3-7-11/h4-5,8,11H,2-3,6-7,9H2,1H3,(H2,14,16,17). The van der Waals surface area contributed by atoms with E-state index in [4.69, 9.17) is 4.74 Å². The zero-order valence-corrected chi connectivity index (χ0v) is 10.6. The number of urea groups is 1. The van der Waals surface area contributed by atoms with Gasteiger partial charge in [0.1, 0.15) is 6.10 Å². The quantitative estimate of drug-likeness (QED) is 0.855. The summed E-state index contributed by atoms with van der Waals surface area (Å²) in [5.74, 6) is 0.640. The molecule has 1 aromatic rings. The molecule has 98 valence electrons. The molecule has 0 aromatic carbocycles. The van der Waals surface area contributed by atoms with Crippen molar-refractivity contribution in [3.8, 4) is 5.88 Å². The molecule has 0 bridgehead atoms. The number of ether oxygens (including phenoxy) is 1. The minimum atomic E-state index is -0.203. The summed E-state index contributed by atoms with van der Waals surface area (Å²) in [6.45, 7) is 0.426. The number of aromatic nitrogens is 1. The van der Waals surface area contributed by atoms with E-state index in [1.54, 1.807) is 13.2 Å². The molecule has 1 aliphatic rings. The number of carbonyl (C=O) groups excluding carboxylic acids is 1. The lowest BCUT2D eigenvalue weighted by Crippen LogP contribution is -2.32. The van der Waals surface area contributed by atoms with Gasteiger partial charge in [-0.25, -0.2) is 9.78 Å². The molecule has 1 heterocycles. The van der Waals surface area contributed by atoms with Gasteiger partial charge in [-0.05, 0) is 31.7 Å². The molecule has 0 radical (unpaired) electrons. The van der Waals surface area contributed by atoms with Crippen molar-refractivity contribution in [2.45, 2.75) is 38.3 Å². The van der Waals surface area contributed by atoms with E-state index in [1.807, 2.05) is 12.1 Å². The van der Waals surface area contributed by atoms with E-state index in [1.165, 1.54) is 12.8 Å². The fraction of sp³-hybridized carbons (Fsp3) is 0.538. The Balaban J connectivity index is 1.98. The maximum absolute atomic E-state index is 11.2. The van der Waals surface area contributed by atoms with Crippen LogP contribution in [0, 0.1) is 0 Å². The van der Waals surface area contributed by atoms with Gasteiger partial charge in [-0.15, -0.1) is 0 Å². The fourth-order valence-corrected chi connectivity index (χ4v) is 2.09. The number of amides is 2. The molecule has 2 amide bonds. The number of nitrogens with zero attached hydrogens (tertiary/aromatic N) is 1. The van der Waals surface area contributed by atoms with Crippen LogP contribution in [0.25, 0.3) is 0 Å². The van der Waals surface area contributed by atoms with Gasteiger partial charge in [0, 0.05) is 25.4 Å². The number of rotatable bonds is 4. The maximum Gasteiger partial charge on any atom is 0.314 e. The summed E-state index contributed by atoms with van der Waals surface area (Å²) in [5, 5.41) is 5.26. The van der Waals surface area contributed by atoms with Gasteiger partial charge >= 0.3 is 6.03 Å². The van der Waals surface area contributed by atoms with Crippen LogP contribution in [-0.4, -0.2) is 24.2 Å². The van der Waals surface area contributed by atoms with Crippen LogP contribution >= 0.6 is 0 Å². The first-order valence-electron chi connectivity index (χ1n) is 6.35. The van der Waals surface area contributed by atoms with E-state index in [-0.39, 0.29) is 12.1 Å². The van der Waals surface area contributed by atoms with Gasteiger partial charge in [-0.1, -0.05) is 6.07 Å². The zero-order valence-electron chi connectivity index (χ0n) is 10.6. The Labute approximate surface area is 107 Å². The molecule has 2 N–H and O–H groups in total. The highest BCUT2D eigenvalue weighted by atomic mass is 16.5. The van der Waals surface area contributed by atoms with Crippen molar-refractivity contribution in [1.82, 2.24) is 15.6 Å². The molecule has 5 heteroatoms. The number of pyridine rings is 1. The number of carbonyl (C=O) groups is 1. The Morgan fingerprint density at radius 3 is 3.00 bits per heavy atom. The number of hydrogen-bond acceptors (Lipinski definition) is 3. The lowest BCUT2D eigenvalue weighted by atomic mass is 10.2. The third-order valence-corrected chi connectivity index (χ3v) is 3.10. The molecule has 1 aromatic heterocycles. The van der Waals surface area contributed by atoms with Crippen molar-refractivity contribution < 1.29 is 9.53 Å². The molecule has 18 heavy (non-hydrogen) atoms. The Kier molecular flexibility index (Phi) is 4.39. The maximum atomic E-state index is 11.2. The highest BCUT2D eigenvalue weighted by Crippen LogP contribution is 2.24. The van der Waals surface area contributed by atoms with E-state index in [0.717, 1.165) is 18.4 Å². The van der Waals surface area contributed by atoms with Crippen molar-refractivity contribution in [1.29, 1.82) is 0 Å². The summed E-state index contributed by atoms with van der Waals surface area (Å²) in [4.78, 5) is 15.4. The van der Waals surface area contributed by atoms with Gasteiger partial charge in [0.15, 0.2) is 0 Å². The molecule has 0 saturated heterocycles. The van der Waals surface area contributed by atoms with Gasteiger partial charge in [-0.3, -0.25) is 0 Å². The average molecular weight is 249 g/mol. The molecule has 1 fully saturated rings. The first kappa shape index (κ1) is 12.7. The number of hydrogen-bond donors (Lipinski definition) is 2. The van der Waals surface area contributed by atoms with Crippen molar-refractivity contribution in [3.63, 3.8) is 0 Å². The summed E-state index contributed by atoms with van der Waals surface area (Å²) in [6, 6.07) is 3.57. The van der Waals surface area contributed by atoms with Gasteiger partial charge in [0.2, 0.25) is 5.88 Å². The smallest absolute Gasteiger partial charge is 0.314 e. The van der Waals surface area contributed by atoms with E-state index in [2.05, 4.69) is 15.6 Å². The second-order valence-corrected chi connectivity index (χ2v) is 4.42. The van der Waals surface area contributed by atoms with Crippen LogP contribution in [-0.2, 0) is 6.54 Å². The predicted octanol–water partition coefficient (Wildman–Crippen LogP) is 1.83. The Hall–Kier alpha value is -1.78. The largest absolute Gasteiger partial charge is 0.474 e. The molecule has 0 aliphatic heterocycles. The topological polar surface area (TPSA) is 63.2 Å². The van der Waals surface area contributed by atoms with Crippen LogP contribution in [0.4, 0.5) is 4.79 Å². The van der Waals surface area contributed by atoms with Gasteiger partial charge in [0.05, 0.1) is 0 Å². The van der Waals surface area contributed by atoms with E-state index >= 15 is 0 Å². The van der Waals surface area contributed by atoms with Crippen LogP contribution in [0.3, 0.4) is 0 Å². The summed E-state index contributed by atoms with van der Waals surface area (Å²) < 4.78 is 5.89. The first-order valence-corrected chi connectivity index (χ1v) is 6.35. The van der Waals surface area contributed by atoms with Crippen LogP contribution < -0.4 is 15.4 Å². The Morgan fingerprint density at radius 2 is 2.28 bits per heavy atom. The Morgan fingerprint density at radius 1 is 1.50 bits per heavy atom. The second kappa shape index (κ2) is 6.23. The highest BCUT2D eigenvalue weighted by molar-refractivity contribution is 5.73. The molecule has 0 unspecified atom stereocenters. The lowest BCUT2D eigenvalue weighted by Gasteiger charge is -2.15. The third kappa shape index (κ3) is 3.35. The molecule has 1 aliphatic carbocycles. The SMILES string of the molecule is CNC(=O)NCc1cccnc1OC1CCCC1. The van der Waals surface area contributed by atoms with Gasteiger partial charge in [0.25, 0.3) is 0 Å². The summed E-state index contributed by atoms with van der Waals surface area (Å²) in [6.07, 6.45) is 6.64. The van der Waals surface area contributed by atoms with E-state index in [9.17, 15) is 4.79 Å². The number of nitrogens with one attached hydrogen (secondary N) is 2. The van der Waals surface area contributed by atoms with Crippen molar-refractivity contribution in [2.24, 2.45) is 0 Å². The summed E-state index contributed by atoms with van der Waals surface area (Å²) >= 11 is 0. The Bertz CT molecular complexity index is 403. The zero-order chi connectivity index (χ0) is 12.8.